The third-order valence-electron chi connectivity index (χ3n) is 7.35. The summed E-state index contributed by atoms with van der Waals surface area (Å²) in [5.74, 6) is 1.37. The first kappa shape index (κ1) is 27.7. The number of piperidine rings is 1. The SMILES string of the molecule is CNC(=O)c1cc2c(cnn2C)cc1Nc1nc(Nc2ccc(N3CCC(N(C)C)CC3)cc2OC)ncc1Br. The number of benzene rings is 2. The Hall–Kier alpha value is -3.90. The summed E-state index contributed by atoms with van der Waals surface area (Å²) in [6, 6.07) is 10.5. The molecular formula is C28H34BrN9O2. The van der Waals surface area contributed by atoms with Crippen LogP contribution < -0.4 is 25.6 Å². The predicted molar refractivity (Wildman–Crippen MR) is 162 cm³/mol. The van der Waals surface area contributed by atoms with E-state index in [4.69, 9.17) is 4.74 Å². The van der Waals surface area contributed by atoms with Crippen molar-refractivity contribution in [1.29, 1.82) is 0 Å². The maximum absolute atomic E-state index is 12.7. The van der Waals surface area contributed by atoms with Gasteiger partial charge >= 0.3 is 0 Å². The summed E-state index contributed by atoms with van der Waals surface area (Å²) in [5.41, 5.74) is 3.82. The van der Waals surface area contributed by atoms with Crippen molar-refractivity contribution in [3.63, 3.8) is 0 Å². The second kappa shape index (κ2) is 11.7. The van der Waals surface area contributed by atoms with Crippen molar-refractivity contribution in [3.8, 4) is 5.75 Å². The summed E-state index contributed by atoms with van der Waals surface area (Å²) < 4.78 is 8.11. The van der Waals surface area contributed by atoms with E-state index in [2.05, 4.69) is 83.0 Å². The number of anilines is 5. The molecule has 12 heteroatoms. The van der Waals surface area contributed by atoms with Crippen molar-refractivity contribution in [3.05, 3.63) is 52.8 Å². The molecule has 5 rings (SSSR count). The third kappa shape index (κ3) is 5.68. The summed E-state index contributed by atoms with van der Waals surface area (Å²) >= 11 is 3.54. The van der Waals surface area contributed by atoms with Crippen LogP contribution >= 0.6 is 15.9 Å². The Morgan fingerprint density at radius 3 is 2.58 bits per heavy atom. The van der Waals surface area contributed by atoms with Gasteiger partial charge in [-0.05, 0) is 67.1 Å². The number of rotatable bonds is 8. The smallest absolute Gasteiger partial charge is 0.253 e. The summed E-state index contributed by atoms with van der Waals surface area (Å²) in [5, 5.41) is 14.5. The van der Waals surface area contributed by atoms with E-state index in [1.165, 1.54) is 0 Å². The number of nitrogens with one attached hydrogen (secondary N) is 3. The topological polar surface area (TPSA) is 112 Å². The van der Waals surface area contributed by atoms with Gasteiger partial charge in [0.2, 0.25) is 5.95 Å². The van der Waals surface area contributed by atoms with Crippen molar-refractivity contribution in [1.82, 2.24) is 30.0 Å². The zero-order valence-corrected chi connectivity index (χ0v) is 24.9. The molecule has 0 unspecified atom stereocenters. The molecule has 2 aromatic heterocycles. The molecule has 3 N–H and O–H groups in total. The Morgan fingerprint density at radius 2 is 1.88 bits per heavy atom. The zero-order valence-electron chi connectivity index (χ0n) is 23.3. The standard InChI is InChI=1S/C28H34BrN9O2/c1-30-27(39)20-14-24-17(15-32-37(24)4)12-23(20)33-26-21(29)16-31-28(35-26)34-22-7-6-19(13-25(22)40-5)38-10-8-18(9-11-38)36(2)3/h6-7,12-16,18H,8-11H2,1-5H3,(H,30,39)(H2,31,33,34,35). The summed E-state index contributed by atoms with van der Waals surface area (Å²) in [6.07, 6.45) is 5.69. The van der Waals surface area contributed by atoms with Gasteiger partial charge in [0.25, 0.3) is 5.91 Å². The molecule has 210 valence electrons. The molecule has 0 bridgehead atoms. The maximum Gasteiger partial charge on any atom is 0.253 e. The number of fused-ring (bicyclic) bond motifs is 1. The first-order chi connectivity index (χ1) is 19.3. The number of methoxy groups -OCH3 is 1. The average molecular weight is 609 g/mol. The molecule has 1 amide bonds. The van der Waals surface area contributed by atoms with Crippen molar-refractivity contribution in [2.75, 3.05) is 56.9 Å². The Morgan fingerprint density at radius 1 is 1.10 bits per heavy atom. The van der Waals surface area contributed by atoms with Crippen LogP contribution in [0.4, 0.5) is 28.8 Å². The lowest BCUT2D eigenvalue weighted by Crippen LogP contribution is -2.41. The molecule has 4 aromatic rings. The average Bonchev–Trinajstić information content (AvgIpc) is 3.33. The number of nitrogens with zero attached hydrogens (tertiary/aromatic N) is 6. The lowest BCUT2D eigenvalue weighted by molar-refractivity contribution is 0.0964. The van der Waals surface area contributed by atoms with Gasteiger partial charge in [0, 0.05) is 56.6 Å². The molecule has 0 radical (unpaired) electrons. The molecule has 0 saturated carbocycles. The van der Waals surface area contributed by atoms with E-state index in [0.29, 0.717) is 39.3 Å². The number of carbonyl (C=O) groups excluding carboxylic acids is 1. The highest BCUT2D eigenvalue weighted by molar-refractivity contribution is 9.10. The molecule has 2 aromatic carbocycles. The number of aryl methyl sites for hydroxylation is 1. The summed E-state index contributed by atoms with van der Waals surface area (Å²) in [4.78, 5) is 26.5. The molecule has 0 atom stereocenters. The van der Waals surface area contributed by atoms with Gasteiger partial charge in [0.15, 0.2) is 0 Å². The van der Waals surface area contributed by atoms with Crippen LogP contribution in [-0.4, -0.2) is 77.9 Å². The van der Waals surface area contributed by atoms with Crippen molar-refractivity contribution in [2.45, 2.75) is 18.9 Å². The number of halogens is 1. The quantitative estimate of drug-likeness (QED) is 0.266. The molecule has 0 spiro atoms. The second-order valence-electron chi connectivity index (χ2n) is 10.0. The second-order valence-corrected chi connectivity index (χ2v) is 10.9. The van der Waals surface area contributed by atoms with Crippen LogP contribution in [0.3, 0.4) is 0 Å². The summed E-state index contributed by atoms with van der Waals surface area (Å²) in [7, 11) is 9.40. The lowest BCUT2D eigenvalue weighted by atomic mass is 10.0. The first-order valence-electron chi connectivity index (χ1n) is 13.1. The molecule has 1 aliphatic heterocycles. The van der Waals surface area contributed by atoms with Crippen LogP contribution in [0.25, 0.3) is 10.9 Å². The highest BCUT2D eigenvalue weighted by atomic mass is 79.9. The zero-order chi connectivity index (χ0) is 28.4. The van der Waals surface area contributed by atoms with Crippen LogP contribution in [0.1, 0.15) is 23.2 Å². The maximum atomic E-state index is 12.7. The van der Waals surface area contributed by atoms with Crippen LogP contribution in [0.15, 0.2) is 47.2 Å². The number of amides is 1. The number of aromatic nitrogens is 4. The van der Waals surface area contributed by atoms with E-state index < -0.39 is 0 Å². The van der Waals surface area contributed by atoms with Gasteiger partial charge in [0.1, 0.15) is 11.6 Å². The number of ether oxygens (including phenoxy) is 1. The molecule has 1 aliphatic rings. The number of hydrogen-bond donors (Lipinski definition) is 3. The molecule has 3 heterocycles. The molecule has 1 saturated heterocycles. The van der Waals surface area contributed by atoms with E-state index in [0.717, 1.165) is 48.2 Å². The van der Waals surface area contributed by atoms with E-state index in [1.807, 2.05) is 25.2 Å². The molecule has 11 nitrogen and oxygen atoms in total. The third-order valence-corrected chi connectivity index (χ3v) is 7.93. The fourth-order valence-electron chi connectivity index (χ4n) is 5.01. The van der Waals surface area contributed by atoms with Crippen LogP contribution in [0, 0.1) is 0 Å². The van der Waals surface area contributed by atoms with Crippen LogP contribution in [0.5, 0.6) is 5.75 Å². The highest BCUT2D eigenvalue weighted by Gasteiger charge is 2.22. The van der Waals surface area contributed by atoms with Gasteiger partial charge in [-0.2, -0.15) is 10.1 Å². The van der Waals surface area contributed by atoms with Crippen LogP contribution in [-0.2, 0) is 7.05 Å². The minimum atomic E-state index is -0.218. The minimum absolute atomic E-state index is 0.218. The normalized spacial score (nSPS) is 14.0. The van der Waals surface area contributed by atoms with Gasteiger partial charge in [-0.1, -0.05) is 0 Å². The van der Waals surface area contributed by atoms with Crippen LogP contribution in [0.2, 0.25) is 0 Å². The Kier molecular flexibility index (Phi) is 8.08. The number of hydrogen-bond acceptors (Lipinski definition) is 9. The van der Waals surface area contributed by atoms with Gasteiger partial charge in [0.05, 0.1) is 40.2 Å². The fraction of sp³-hybridized carbons (Fsp3) is 0.357. The monoisotopic (exact) mass is 607 g/mol. The van der Waals surface area contributed by atoms with Gasteiger partial charge in [-0.25, -0.2) is 4.98 Å². The number of carbonyl (C=O) groups is 1. The highest BCUT2D eigenvalue weighted by Crippen LogP contribution is 2.34. The van der Waals surface area contributed by atoms with Crippen molar-refractivity contribution < 1.29 is 9.53 Å². The van der Waals surface area contributed by atoms with Crippen molar-refractivity contribution in [2.24, 2.45) is 7.05 Å². The van der Waals surface area contributed by atoms with Gasteiger partial charge < -0.3 is 30.5 Å². The Labute approximate surface area is 242 Å². The molecular weight excluding hydrogens is 574 g/mol. The predicted octanol–water partition coefficient (Wildman–Crippen LogP) is 4.51. The molecule has 40 heavy (non-hydrogen) atoms. The Balaban J connectivity index is 1.38. The fourth-order valence-corrected chi connectivity index (χ4v) is 5.30. The lowest BCUT2D eigenvalue weighted by Gasteiger charge is -2.36. The van der Waals surface area contributed by atoms with Gasteiger partial charge in [-0.3, -0.25) is 9.48 Å². The first-order valence-corrected chi connectivity index (χ1v) is 13.9. The molecule has 0 aliphatic carbocycles. The molecule has 1 fully saturated rings. The Bertz CT molecular complexity index is 1530. The largest absolute Gasteiger partial charge is 0.494 e. The minimum Gasteiger partial charge on any atom is -0.494 e. The van der Waals surface area contributed by atoms with E-state index >= 15 is 0 Å². The van der Waals surface area contributed by atoms with Crippen molar-refractivity contribution >= 4 is 61.6 Å². The van der Waals surface area contributed by atoms with Gasteiger partial charge in [-0.15, -0.1) is 0 Å². The summed E-state index contributed by atoms with van der Waals surface area (Å²) in [6.45, 7) is 2.01. The van der Waals surface area contributed by atoms with E-state index in [-0.39, 0.29) is 5.91 Å². The van der Waals surface area contributed by atoms with E-state index in [9.17, 15) is 4.79 Å². The van der Waals surface area contributed by atoms with E-state index in [1.54, 1.807) is 31.2 Å².